The van der Waals surface area contributed by atoms with Crippen molar-refractivity contribution in [3.8, 4) is 5.75 Å². The number of benzene rings is 2. The summed E-state index contributed by atoms with van der Waals surface area (Å²) in [5.74, 6) is -0.227. The molecule has 0 radical (unpaired) electrons. The highest BCUT2D eigenvalue weighted by molar-refractivity contribution is 7.10. The fraction of sp³-hybridized carbons (Fsp3) is 0.222. The smallest absolute Gasteiger partial charge is 0.134 e. The van der Waals surface area contributed by atoms with Crippen LogP contribution in [0.4, 0.5) is 0 Å². The molecule has 2 nitrogen and oxygen atoms in total. The second kappa shape index (κ2) is 6.74. The van der Waals surface area contributed by atoms with Crippen molar-refractivity contribution in [2.24, 2.45) is 0 Å². The normalized spacial score (nSPS) is 19.8. The lowest BCUT2D eigenvalue weighted by Gasteiger charge is -2.19. The van der Waals surface area contributed by atoms with Crippen molar-refractivity contribution in [1.29, 1.82) is 0 Å². The summed E-state index contributed by atoms with van der Waals surface area (Å²) in [6.45, 7) is -2.28. The van der Waals surface area contributed by atoms with E-state index in [0.29, 0.717) is 0 Å². The molecule has 2 aromatic carbocycles. The van der Waals surface area contributed by atoms with Crippen molar-refractivity contribution in [2.75, 3.05) is 13.5 Å². The first-order chi connectivity index (χ1) is 14.4. The zero-order valence-corrected chi connectivity index (χ0v) is 11.9. The summed E-state index contributed by atoms with van der Waals surface area (Å²) >= 11 is 1.35. The second-order valence-electron chi connectivity index (χ2n) is 4.29. The van der Waals surface area contributed by atoms with Crippen molar-refractivity contribution < 1.29 is 18.4 Å². The van der Waals surface area contributed by atoms with E-state index in [1.165, 1.54) is 11.3 Å². The van der Waals surface area contributed by atoms with Crippen LogP contribution in [-0.4, -0.2) is 13.5 Å². The lowest BCUT2D eigenvalue weighted by atomic mass is 10.1. The quantitative estimate of drug-likeness (QED) is 0.717. The Balaban J connectivity index is 2.16. The summed E-state index contributed by atoms with van der Waals surface area (Å²) in [7, 11) is 0. The molecular formula is C18H19NOS. The van der Waals surface area contributed by atoms with Gasteiger partial charge in [-0.2, -0.15) is 0 Å². The van der Waals surface area contributed by atoms with E-state index in [2.05, 4.69) is 5.32 Å². The third-order valence-corrected chi connectivity index (χ3v) is 3.89. The maximum Gasteiger partial charge on any atom is 0.134 e. The van der Waals surface area contributed by atoms with Crippen molar-refractivity contribution in [3.63, 3.8) is 0 Å². The molecule has 3 rings (SSSR count). The molecule has 0 saturated carbocycles. The lowest BCUT2D eigenvalue weighted by molar-refractivity contribution is 0.201. The van der Waals surface area contributed by atoms with Crippen LogP contribution in [0.15, 0.2) is 59.8 Å². The van der Waals surface area contributed by atoms with Crippen molar-refractivity contribution in [1.82, 2.24) is 5.32 Å². The van der Waals surface area contributed by atoms with E-state index in [9.17, 15) is 0 Å². The minimum atomic E-state index is -2.34. The van der Waals surface area contributed by atoms with Gasteiger partial charge in [0.05, 0.1) is 9.60 Å². The number of ether oxygens (including phenoxy) is 1. The number of thiophene rings is 1. The molecule has 0 aliphatic carbocycles. The average Bonchev–Trinajstić information content (AvgIpc) is 3.23. The summed E-state index contributed by atoms with van der Waals surface area (Å²) in [5, 5.41) is 3.88. The van der Waals surface area contributed by atoms with E-state index in [0.717, 1.165) is 4.88 Å². The van der Waals surface area contributed by atoms with Crippen LogP contribution < -0.4 is 10.1 Å². The molecule has 3 heteroatoms. The standard InChI is InChI=1S/C18H19NOS/c1-19-12-11-17(18-10-5-13-21-18)20-16-9-4-7-14-6-2-3-8-15(14)16/h2-10,13,17,19H,11-12H2,1H3/t17-/m1/s1/i1D3,2D,3D,4D,6D,7D,8D,9D. The van der Waals surface area contributed by atoms with Crippen LogP contribution in [0.2, 0.25) is 0 Å². The highest BCUT2D eigenvalue weighted by atomic mass is 32.1. The molecule has 0 fully saturated rings. The molecule has 0 saturated heterocycles. The molecule has 3 aromatic rings. The summed E-state index contributed by atoms with van der Waals surface area (Å²) in [5.41, 5.74) is 0. The predicted octanol–water partition coefficient (Wildman–Crippen LogP) is 4.63. The van der Waals surface area contributed by atoms with Gasteiger partial charge in [0.25, 0.3) is 0 Å². The molecule has 0 spiro atoms. The third kappa shape index (κ3) is 3.26. The average molecular weight is 307 g/mol. The molecule has 108 valence electrons. The number of hydrogen-bond donors (Lipinski definition) is 1. The van der Waals surface area contributed by atoms with E-state index in [4.69, 9.17) is 18.4 Å². The van der Waals surface area contributed by atoms with Gasteiger partial charge in [0.15, 0.2) is 0 Å². The van der Waals surface area contributed by atoms with Gasteiger partial charge >= 0.3 is 0 Å². The Morgan fingerprint density at radius 2 is 2.19 bits per heavy atom. The zero-order chi connectivity index (χ0) is 23.1. The fourth-order valence-corrected chi connectivity index (χ4v) is 2.75. The molecule has 21 heavy (non-hydrogen) atoms. The molecule has 0 bridgehead atoms. The minimum Gasteiger partial charge on any atom is -0.484 e. The van der Waals surface area contributed by atoms with Crippen molar-refractivity contribution >= 4 is 22.1 Å². The van der Waals surface area contributed by atoms with Crippen molar-refractivity contribution in [2.45, 2.75) is 12.5 Å². The first kappa shape index (κ1) is 6.51. The molecule has 1 heterocycles. The topological polar surface area (TPSA) is 21.3 Å². The minimum absolute atomic E-state index is 0.0621. The summed E-state index contributed by atoms with van der Waals surface area (Å²) in [4.78, 5) is 0.724. The predicted molar refractivity (Wildman–Crippen MR) is 90.2 cm³/mol. The van der Waals surface area contributed by atoms with E-state index >= 15 is 0 Å². The van der Waals surface area contributed by atoms with E-state index < -0.39 is 55.4 Å². The van der Waals surface area contributed by atoms with Crippen LogP contribution in [0.25, 0.3) is 10.8 Å². The maximum atomic E-state index is 8.32. The maximum absolute atomic E-state index is 8.32. The molecule has 0 amide bonds. The van der Waals surface area contributed by atoms with Gasteiger partial charge < -0.3 is 10.1 Å². The van der Waals surface area contributed by atoms with Gasteiger partial charge in [0, 0.05) is 20.8 Å². The highest BCUT2D eigenvalue weighted by Gasteiger charge is 2.15. The summed E-state index contributed by atoms with van der Waals surface area (Å²) in [6.07, 6.45) is -0.530. The molecule has 0 aliphatic heterocycles. The number of rotatable bonds is 6. The number of fused-ring (bicyclic) bond motifs is 1. The van der Waals surface area contributed by atoms with E-state index in [1.54, 1.807) is 17.5 Å². The zero-order valence-electron chi connectivity index (χ0n) is 21.0. The first-order valence-electron chi connectivity index (χ1n) is 11.4. The monoisotopic (exact) mass is 307 g/mol. The Kier molecular flexibility index (Phi) is 2.09. The molecule has 0 unspecified atom stereocenters. The van der Waals surface area contributed by atoms with Gasteiger partial charge in [-0.15, -0.1) is 11.3 Å². The Hall–Kier alpha value is -1.84. The molecule has 1 aromatic heterocycles. The molecule has 1 atom stereocenters. The Morgan fingerprint density at radius 1 is 1.29 bits per heavy atom. The van der Waals surface area contributed by atoms with Crippen LogP contribution in [-0.2, 0) is 0 Å². The Morgan fingerprint density at radius 3 is 3.05 bits per heavy atom. The number of hydrogen-bond acceptors (Lipinski definition) is 3. The summed E-state index contributed by atoms with van der Waals surface area (Å²) in [6, 6.07) is 0.0899. The van der Waals surface area contributed by atoms with Crippen LogP contribution in [0, 0.1) is 0 Å². The molecule has 0 aliphatic rings. The second-order valence-corrected chi connectivity index (χ2v) is 5.27. The van der Waals surface area contributed by atoms with Gasteiger partial charge in [-0.05, 0) is 36.4 Å². The molecular weight excluding hydrogens is 278 g/mol. The van der Waals surface area contributed by atoms with Gasteiger partial charge in [0.2, 0.25) is 0 Å². The largest absolute Gasteiger partial charge is 0.484 e. The van der Waals surface area contributed by atoms with Crippen LogP contribution in [0.1, 0.15) is 31.1 Å². The van der Waals surface area contributed by atoms with E-state index in [1.807, 2.05) is 0 Å². The first-order valence-corrected chi connectivity index (χ1v) is 7.27. The lowest BCUT2D eigenvalue weighted by Crippen LogP contribution is -2.15. The van der Waals surface area contributed by atoms with Crippen molar-refractivity contribution in [3.05, 3.63) is 64.7 Å². The van der Waals surface area contributed by atoms with Crippen LogP contribution >= 0.6 is 11.3 Å². The SMILES string of the molecule is [2H]c1c([2H])c([2H])c2c(O[C@H](CCNC([2H])([2H])[2H])c3cccs3)c([2H])c([2H])c([2H])c2c1[2H]. The highest BCUT2D eigenvalue weighted by Crippen LogP contribution is 2.32. The fourth-order valence-electron chi connectivity index (χ4n) is 1.96. The number of nitrogens with one attached hydrogen (secondary N) is 1. The van der Waals surface area contributed by atoms with Gasteiger partial charge in [-0.25, -0.2) is 0 Å². The van der Waals surface area contributed by atoms with Crippen LogP contribution in [0.3, 0.4) is 0 Å². The van der Waals surface area contributed by atoms with E-state index in [-0.39, 0.29) is 29.5 Å². The summed E-state index contributed by atoms with van der Waals surface area (Å²) < 4.78 is 84.7. The van der Waals surface area contributed by atoms with Crippen LogP contribution in [0.5, 0.6) is 5.75 Å². The van der Waals surface area contributed by atoms with Gasteiger partial charge in [-0.3, -0.25) is 0 Å². The van der Waals surface area contributed by atoms with Gasteiger partial charge in [-0.1, -0.05) is 42.3 Å². The Bertz CT molecular complexity index is 1110. The Labute approximate surface area is 143 Å². The molecule has 1 N–H and O–H groups in total. The van der Waals surface area contributed by atoms with Gasteiger partial charge in [0.1, 0.15) is 11.9 Å². The third-order valence-electron chi connectivity index (χ3n) is 2.93.